The van der Waals surface area contributed by atoms with E-state index >= 15 is 0 Å². The molecule has 2 aromatic carbocycles. The van der Waals surface area contributed by atoms with E-state index in [0.29, 0.717) is 19.7 Å². The number of methoxy groups -OCH3 is 1. The van der Waals surface area contributed by atoms with Crippen LogP contribution in [0.25, 0.3) is 11.0 Å². The van der Waals surface area contributed by atoms with E-state index < -0.39 is 0 Å². The Morgan fingerprint density at radius 2 is 1.90 bits per heavy atom. The summed E-state index contributed by atoms with van der Waals surface area (Å²) in [5, 5.41) is 2.94. The highest BCUT2D eigenvalue weighted by Gasteiger charge is 2.27. The number of rotatable bonds is 7. The van der Waals surface area contributed by atoms with Crippen LogP contribution in [-0.2, 0) is 16.1 Å². The van der Waals surface area contributed by atoms with Gasteiger partial charge in [-0.3, -0.25) is 4.79 Å². The van der Waals surface area contributed by atoms with Crippen molar-refractivity contribution in [1.82, 2.24) is 14.9 Å². The largest absolute Gasteiger partial charge is 0.383 e. The number of halogens is 1. The predicted octanol–water partition coefficient (Wildman–Crippen LogP) is 3.20. The van der Waals surface area contributed by atoms with Gasteiger partial charge in [0.2, 0.25) is 11.9 Å². The van der Waals surface area contributed by atoms with Gasteiger partial charge in [0.1, 0.15) is 5.82 Å². The van der Waals surface area contributed by atoms with Crippen LogP contribution in [0.3, 0.4) is 0 Å². The third-order valence-electron chi connectivity index (χ3n) is 5.64. The number of aromatic nitrogens is 2. The highest BCUT2D eigenvalue weighted by molar-refractivity contribution is 5.80. The smallest absolute Gasteiger partial charge is 0.223 e. The Hall–Kier alpha value is -2.93. The van der Waals surface area contributed by atoms with Gasteiger partial charge in [-0.1, -0.05) is 24.3 Å². The Labute approximate surface area is 175 Å². The minimum Gasteiger partial charge on any atom is -0.383 e. The van der Waals surface area contributed by atoms with Gasteiger partial charge in [0.25, 0.3) is 0 Å². The van der Waals surface area contributed by atoms with Crippen LogP contribution >= 0.6 is 0 Å². The molecule has 1 aliphatic heterocycles. The summed E-state index contributed by atoms with van der Waals surface area (Å²) < 4.78 is 20.5. The molecule has 1 amide bonds. The molecule has 30 heavy (non-hydrogen) atoms. The van der Waals surface area contributed by atoms with Gasteiger partial charge in [-0.15, -0.1) is 0 Å². The molecule has 2 heterocycles. The fourth-order valence-electron chi connectivity index (χ4n) is 3.99. The number of anilines is 1. The number of nitrogens with zero attached hydrogens (tertiary/aromatic N) is 3. The number of fused-ring (bicyclic) bond motifs is 1. The van der Waals surface area contributed by atoms with Crippen molar-refractivity contribution in [3.63, 3.8) is 0 Å². The first-order valence-corrected chi connectivity index (χ1v) is 10.4. The van der Waals surface area contributed by atoms with Crippen molar-refractivity contribution in [1.29, 1.82) is 0 Å². The van der Waals surface area contributed by atoms with Gasteiger partial charge < -0.3 is 19.5 Å². The monoisotopic (exact) mass is 410 g/mol. The summed E-state index contributed by atoms with van der Waals surface area (Å²) in [5.41, 5.74) is 3.01. The summed E-state index contributed by atoms with van der Waals surface area (Å²) in [5.74, 6) is 0.790. The second kappa shape index (κ2) is 9.26. The van der Waals surface area contributed by atoms with Gasteiger partial charge in [0.05, 0.1) is 24.2 Å². The van der Waals surface area contributed by atoms with Crippen molar-refractivity contribution in [2.45, 2.75) is 19.4 Å². The summed E-state index contributed by atoms with van der Waals surface area (Å²) in [6, 6.07) is 14.7. The number of para-hydroxylation sites is 2. The molecule has 1 N–H and O–H groups in total. The van der Waals surface area contributed by atoms with E-state index in [4.69, 9.17) is 9.72 Å². The van der Waals surface area contributed by atoms with Crippen LogP contribution in [0.1, 0.15) is 18.4 Å². The summed E-state index contributed by atoms with van der Waals surface area (Å²) in [7, 11) is 1.63. The zero-order chi connectivity index (χ0) is 20.9. The van der Waals surface area contributed by atoms with Gasteiger partial charge >= 0.3 is 0 Å². The van der Waals surface area contributed by atoms with Crippen LogP contribution in [0.5, 0.6) is 0 Å². The molecule has 1 saturated heterocycles. The Morgan fingerprint density at radius 3 is 2.63 bits per heavy atom. The second-order valence-corrected chi connectivity index (χ2v) is 7.66. The van der Waals surface area contributed by atoms with Crippen molar-refractivity contribution in [3.8, 4) is 0 Å². The van der Waals surface area contributed by atoms with Gasteiger partial charge in [0, 0.05) is 32.7 Å². The zero-order valence-corrected chi connectivity index (χ0v) is 17.2. The SMILES string of the molecule is COCCNC(=O)C1CCN(c2nc3ccccc3n2Cc2ccc(F)cc2)CC1. The van der Waals surface area contributed by atoms with E-state index in [1.54, 1.807) is 7.11 Å². The normalized spacial score (nSPS) is 14.9. The molecule has 4 rings (SSSR count). The summed E-state index contributed by atoms with van der Waals surface area (Å²) in [4.78, 5) is 19.5. The lowest BCUT2D eigenvalue weighted by Crippen LogP contribution is -2.42. The van der Waals surface area contributed by atoms with Crippen molar-refractivity contribution >= 4 is 22.9 Å². The van der Waals surface area contributed by atoms with Gasteiger partial charge in [-0.05, 0) is 42.7 Å². The number of imidazole rings is 1. The predicted molar refractivity (Wildman–Crippen MR) is 115 cm³/mol. The molecule has 3 aromatic rings. The lowest BCUT2D eigenvalue weighted by atomic mass is 9.96. The molecule has 0 spiro atoms. The average Bonchev–Trinajstić information content (AvgIpc) is 3.14. The quantitative estimate of drug-likeness (QED) is 0.608. The maximum absolute atomic E-state index is 13.3. The van der Waals surface area contributed by atoms with E-state index in [2.05, 4.69) is 20.9 Å². The number of hydrogen-bond donors (Lipinski definition) is 1. The first kappa shape index (κ1) is 20.3. The Balaban J connectivity index is 1.51. The average molecular weight is 410 g/mol. The van der Waals surface area contributed by atoms with E-state index in [0.717, 1.165) is 48.5 Å². The number of carbonyl (C=O) groups is 1. The van der Waals surface area contributed by atoms with Gasteiger partial charge in [-0.2, -0.15) is 0 Å². The van der Waals surface area contributed by atoms with Crippen LogP contribution in [0, 0.1) is 11.7 Å². The fourth-order valence-corrected chi connectivity index (χ4v) is 3.99. The minimum atomic E-state index is -0.236. The summed E-state index contributed by atoms with van der Waals surface area (Å²) in [6.45, 7) is 3.23. The number of benzene rings is 2. The van der Waals surface area contributed by atoms with Crippen molar-refractivity contribution < 1.29 is 13.9 Å². The molecule has 1 aliphatic rings. The molecule has 0 unspecified atom stereocenters. The molecule has 158 valence electrons. The summed E-state index contributed by atoms with van der Waals surface area (Å²) >= 11 is 0. The lowest BCUT2D eigenvalue weighted by Gasteiger charge is -2.32. The Kier molecular flexibility index (Phi) is 6.28. The Morgan fingerprint density at radius 1 is 1.17 bits per heavy atom. The van der Waals surface area contributed by atoms with Crippen LogP contribution in [0.4, 0.5) is 10.3 Å². The number of ether oxygens (including phenoxy) is 1. The van der Waals surface area contributed by atoms with Crippen LogP contribution in [-0.4, -0.2) is 48.8 Å². The van der Waals surface area contributed by atoms with Crippen molar-refractivity contribution in [2.75, 3.05) is 38.3 Å². The molecule has 0 saturated carbocycles. The molecule has 0 aliphatic carbocycles. The lowest BCUT2D eigenvalue weighted by molar-refractivity contribution is -0.125. The maximum Gasteiger partial charge on any atom is 0.223 e. The number of carbonyl (C=O) groups excluding carboxylic acids is 1. The van der Waals surface area contributed by atoms with Crippen molar-refractivity contribution in [3.05, 3.63) is 59.9 Å². The van der Waals surface area contributed by atoms with Crippen LogP contribution in [0.15, 0.2) is 48.5 Å². The minimum absolute atomic E-state index is 0.0213. The topological polar surface area (TPSA) is 59.4 Å². The first-order chi connectivity index (χ1) is 14.7. The molecule has 0 atom stereocenters. The van der Waals surface area contributed by atoms with Crippen LogP contribution in [0.2, 0.25) is 0 Å². The molecule has 7 heteroatoms. The highest BCUT2D eigenvalue weighted by Crippen LogP contribution is 2.28. The van der Waals surface area contributed by atoms with Crippen molar-refractivity contribution in [2.24, 2.45) is 5.92 Å². The molecule has 1 fully saturated rings. The molecule has 0 radical (unpaired) electrons. The molecule has 6 nitrogen and oxygen atoms in total. The third-order valence-corrected chi connectivity index (χ3v) is 5.64. The standard InChI is InChI=1S/C23H27FN4O2/c1-30-15-12-25-22(29)18-10-13-27(14-11-18)23-26-20-4-2-3-5-21(20)28(23)16-17-6-8-19(24)9-7-17/h2-9,18H,10-16H2,1H3,(H,25,29). The third kappa shape index (κ3) is 4.46. The van der Waals surface area contributed by atoms with E-state index in [1.807, 2.05) is 30.3 Å². The summed E-state index contributed by atoms with van der Waals surface area (Å²) in [6.07, 6.45) is 1.58. The number of hydrogen-bond acceptors (Lipinski definition) is 4. The molecular formula is C23H27FN4O2. The molecule has 1 aromatic heterocycles. The number of piperidine rings is 1. The molecular weight excluding hydrogens is 383 g/mol. The second-order valence-electron chi connectivity index (χ2n) is 7.66. The highest BCUT2D eigenvalue weighted by atomic mass is 19.1. The zero-order valence-electron chi connectivity index (χ0n) is 17.2. The van der Waals surface area contributed by atoms with E-state index in [9.17, 15) is 9.18 Å². The van der Waals surface area contributed by atoms with Gasteiger partial charge in [-0.25, -0.2) is 9.37 Å². The first-order valence-electron chi connectivity index (χ1n) is 10.4. The fraction of sp³-hybridized carbons (Fsp3) is 0.391. The van der Waals surface area contributed by atoms with Gasteiger partial charge in [0.15, 0.2) is 0 Å². The Bertz CT molecular complexity index is 994. The van der Waals surface area contributed by atoms with Crippen LogP contribution < -0.4 is 10.2 Å². The number of amides is 1. The molecule has 0 bridgehead atoms. The maximum atomic E-state index is 13.3. The number of nitrogens with one attached hydrogen (secondary N) is 1. The van der Waals surface area contributed by atoms with E-state index in [-0.39, 0.29) is 17.6 Å². The van der Waals surface area contributed by atoms with E-state index in [1.165, 1.54) is 12.1 Å².